The minimum atomic E-state index is -2.34. The SMILES string of the molecule is CC#C[C@@]1(O)[C@H](O)[C@](CO)(CF)O[C@H]1n1ccc(=O)[nH]c1=O. The summed E-state index contributed by atoms with van der Waals surface area (Å²) in [6.45, 7) is -0.883. The van der Waals surface area contributed by atoms with Gasteiger partial charge in [0.15, 0.2) is 17.4 Å². The Balaban J connectivity index is 2.64. The molecule has 1 saturated heterocycles. The maximum absolute atomic E-state index is 13.3. The van der Waals surface area contributed by atoms with E-state index in [4.69, 9.17) is 4.74 Å². The Kier molecular flexibility index (Phi) is 4.21. The highest BCUT2D eigenvalue weighted by molar-refractivity contribution is 5.25. The lowest BCUT2D eigenvalue weighted by molar-refractivity contribution is -0.139. The summed E-state index contributed by atoms with van der Waals surface area (Å²) in [6, 6.07) is 0.991. The van der Waals surface area contributed by atoms with Gasteiger partial charge in [-0.15, -0.1) is 5.92 Å². The smallest absolute Gasteiger partial charge is 0.330 e. The summed E-state index contributed by atoms with van der Waals surface area (Å²) in [5.41, 5.74) is -6.08. The lowest BCUT2D eigenvalue weighted by Crippen LogP contribution is -2.53. The zero-order chi connectivity index (χ0) is 16.5. The molecule has 4 N–H and O–H groups in total. The Bertz CT molecular complexity index is 728. The van der Waals surface area contributed by atoms with E-state index >= 15 is 0 Å². The Morgan fingerprint density at radius 3 is 2.73 bits per heavy atom. The van der Waals surface area contributed by atoms with E-state index in [1.54, 1.807) is 0 Å². The van der Waals surface area contributed by atoms with Gasteiger partial charge in [0.1, 0.15) is 12.8 Å². The third kappa shape index (κ3) is 2.26. The molecule has 2 heterocycles. The normalized spacial score (nSPS) is 34.2. The largest absolute Gasteiger partial charge is 0.393 e. The molecule has 0 amide bonds. The van der Waals surface area contributed by atoms with E-state index in [2.05, 4.69) is 11.8 Å². The van der Waals surface area contributed by atoms with Crippen LogP contribution in [0.1, 0.15) is 13.2 Å². The molecule has 0 aromatic carbocycles. The highest BCUT2D eigenvalue weighted by Gasteiger charge is 2.64. The number of aromatic amines is 1. The van der Waals surface area contributed by atoms with Gasteiger partial charge in [-0.05, 0) is 6.92 Å². The van der Waals surface area contributed by atoms with Gasteiger partial charge in [0, 0.05) is 12.3 Å². The third-order valence-electron chi connectivity index (χ3n) is 3.56. The molecule has 9 heteroatoms. The number of hydrogen-bond donors (Lipinski definition) is 4. The monoisotopic (exact) mass is 314 g/mol. The van der Waals surface area contributed by atoms with Gasteiger partial charge in [-0.2, -0.15) is 0 Å². The van der Waals surface area contributed by atoms with Crippen LogP contribution >= 0.6 is 0 Å². The van der Waals surface area contributed by atoms with Crippen LogP contribution in [0, 0.1) is 11.8 Å². The Morgan fingerprint density at radius 2 is 2.23 bits per heavy atom. The van der Waals surface area contributed by atoms with Crippen LogP contribution in [-0.4, -0.2) is 55.5 Å². The van der Waals surface area contributed by atoms with E-state index in [0.29, 0.717) is 0 Å². The molecule has 2 rings (SSSR count). The summed E-state index contributed by atoms with van der Waals surface area (Å²) in [7, 11) is 0. The first-order chi connectivity index (χ1) is 10.3. The molecule has 4 atom stereocenters. The van der Waals surface area contributed by atoms with Crippen molar-refractivity contribution >= 4 is 0 Å². The van der Waals surface area contributed by atoms with Crippen LogP contribution in [0.25, 0.3) is 0 Å². The van der Waals surface area contributed by atoms with E-state index in [-0.39, 0.29) is 0 Å². The average Bonchev–Trinajstić information content (AvgIpc) is 2.70. The predicted octanol–water partition coefficient (Wildman–Crippen LogP) is -2.12. The van der Waals surface area contributed by atoms with Crippen molar-refractivity contribution in [2.24, 2.45) is 0 Å². The summed E-state index contributed by atoms with van der Waals surface area (Å²) in [6.07, 6.45) is -2.50. The molecule has 1 aliphatic heterocycles. The number of aromatic nitrogens is 2. The Hall–Kier alpha value is -1.99. The number of nitrogens with one attached hydrogen (secondary N) is 1. The highest BCUT2D eigenvalue weighted by Crippen LogP contribution is 2.43. The average molecular weight is 314 g/mol. The minimum absolute atomic E-state index is 0.677. The number of alkyl halides is 1. The molecule has 1 aromatic heterocycles. The van der Waals surface area contributed by atoms with Gasteiger partial charge in [-0.3, -0.25) is 14.3 Å². The van der Waals surface area contributed by atoms with Crippen LogP contribution < -0.4 is 11.2 Å². The van der Waals surface area contributed by atoms with Crippen LogP contribution in [0.3, 0.4) is 0 Å². The molecule has 0 saturated carbocycles. The van der Waals surface area contributed by atoms with Crippen molar-refractivity contribution < 1.29 is 24.4 Å². The van der Waals surface area contributed by atoms with Crippen LogP contribution in [-0.2, 0) is 4.74 Å². The van der Waals surface area contributed by atoms with Crippen molar-refractivity contribution in [3.05, 3.63) is 33.1 Å². The van der Waals surface area contributed by atoms with Crippen molar-refractivity contribution in [1.82, 2.24) is 9.55 Å². The van der Waals surface area contributed by atoms with Crippen LogP contribution in [0.15, 0.2) is 21.9 Å². The van der Waals surface area contributed by atoms with Crippen molar-refractivity contribution in [3.63, 3.8) is 0 Å². The second-order valence-corrected chi connectivity index (χ2v) is 4.95. The molecular weight excluding hydrogens is 299 g/mol. The molecule has 0 spiro atoms. The Labute approximate surface area is 123 Å². The summed E-state index contributed by atoms with van der Waals surface area (Å²) in [4.78, 5) is 24.9. The summed E-state index contributed by atoms with van der Waals surface area (Å²) in [5, 5.41) is 30.1. The third-order valence-corrected chi connectivity index (χ3v) is 3.56. The molecular formula is C13H15FN2O6. The van der Waals surface area contributed by atoms with Crippen molar-refractivity contribution in [3.8, 4) is 11.8 Å². The molecule has 0 aliphatic carbocycles. The molecule has 0 unspecified atom stereocenters. The van der Waals surface area contributed by atoms with Gasteiger partial charge in [0.2, 0.25) is 0 Å². The molecule has 22 heavy (non-hydrogen) atoms. The van der Waals surface area contributed by atoms with Gasteiger partial charge in [-0.25, -0.2) is 9.18 Å². The van der Waals surface area contributed by atoms with Crippen LogP contribution in [0.5, 0.6) is 0 Å². The number of aliphatic hydroxyl groups is 3. The van der Waals surface area contributed by atoms with E-state index < -0.39 is 48.1 Å². The van der Waals surface area contributed by atoms with Gasteiger partial charge in [-0.1, -0.05) is 5.92 Å². The molecule has 120 valence electrons. The molecule has 8 nitrogen and oxygen atoms in total. The highest BCUT2D eigenvalue weighted by atomic mass is 19.1. The van der Waals surface area contributed by atoms with Gasteiger partial charge in [0.25, 0.3) is 5.56 Å². The first kappa shape index (κ1) is 16.4. The fourth-order valence-corrected chi connectivity index (χ4v) is 2.39. The summed E-state index contributed by atoms with van der Waals surface area (Å²) < 4.78 is 19.3. The number of rotatable bonds is 3. The number of nitrogens with zero attached hydrogens (tertiary/aromatic N) is 1. The number of hydrogen-bond acceptors (Lipinski definition) is 6. The standard InChI is InChI=1S/C13H15FN2O6/c1-2-4-13(21)9(19)12(6-14,7-17)22-10(13)16-5-3-8(18)15-11(16)20/h3,5,9-10,17,19,21H,6-7H2,1H3,(H,15,18,20)/t9-,10-,12-,13-/m1/s1. The molecule has 1 fully saturated rings. The van der Waals surface area contributed by atoms with Gasteiger partial charge < -0.3 is 20.1 Å². The van der Waals surface area contributed by atoms with E-state index in [1.165, 1.54) is 6.92 Å². The van der Waals surface area contributed by atoms with E-state index in [9.17, 15) is 29.3 Å². The fraction of sp³-hybridized carbons (Fsp3) is 0.538. The molecule has 1 aromatic rings. The first-order valence-corrected chi connectivity index (χ1v) is 6.35. The van der Waals surface area contributed by atoms with Crippen molar-refractivity contribution in [2.45, 2.75) is 30.5 Å². The lowest BCUT2D eigenvalue weighted by Gasteiger charge is -2.28. The lowest BCUT2D eigenvalue weighted by atomic mass is 9.87. The quantitative estimate of drug-likeness (QED) is 0.473. The number of ether oxygens (including phenoxy) is 1. The summed E-state index contributed by atoms with van der Waals surface area (Å²) >= 11 is 0. The molecule has 0 bridgehead atoms. The minimum Gasteiger partial charge on any atom is -0.393 e. The second-order valence-electron chi connectivity index (χ2n) is 4.95. The number of halogens is 1. The maximum atomic E-state index is 13.3. The van der Waals surface area contributed by atoms with Crippen LogP contribution in [0.2, 0.25) is 0 Å². The fourth-order valence-electron chi connectivity index (χ4n) is 2.39. The van der Waals surface area contributed by atoms with Crippen molar-refractivity contribution in [1.29, 1.82) is 0 Å². The van der Waals surface area contributed by atoms with E-state index in [1.807, 2.05) is 4.98 Å². The predicted molar refractivity (Wildman–Crippen MR) is 71.6 cm³/mol. The second kappa shape index (κ2) is 5.66. The van der Waals surface area contributed by atoms with Crippen LogP contribution in [0.4, 0.5) is 4.39 Å². The van der Waals surface area contributed by atoms with Gasteiger partial charge >= 0.3 is 5.69 Å². The van der Waals surface area contributed by atoms with E-state index in [0.717, 1.165) is 16.8 Å². The zero-order valence-corrected chi connectivity index (χ0v) is 11.6. The topological polar surface area (TPSA) is 125 Å². The first-order valence-electron chi connectivity index (χ1n) is 6.35. The Morgan fingerprint density at radius 1 is 1.55 bits per heavy atom. The maximum Gasteiger partial charge on any atom is 0.330 e. The summed E-state index contributed by atoms with van der Waals surface area (Å²) in [5.74, 6) is 4.65. The zero-order valence-electron chi connectivity index (χ0n) is 11.6. The number of aliphatic hydroxyl groups excluding tert-OH is 2. The molecule has 0 radical (unpaired) electrons. The van der Waals surface area contributed by atoms with Gasteiger partial charge in [0.05, 0.1) is 6.61 Å². The number of H-pyrrole nitrogens is 1. The van der Waals surface area contributed by atoms with Crippen molar-refractivity contribution in [2.75, 3.05) is 13.3 Å². The molecule has 1 aliphatic rings.